The predicted octanol–water partition coefficient (Wildman–Crippen LogP) is 4.41. The van der Waals surface area contributed by atoms with Gasteiger partial charge in [-0.05, 0) is 42.3 Å². The molecule has 2 rings (SSSR count). The summed E-state index contributed by atoms with van der Waals surface area (Å²) in [4.78, 5) is 10.9. The largest absolute Gasteiger partial charge is 0.383 e. The Morgan fingerprint density at radius 2 is 2.00 bits per heavy atom. The molecule has 134 valence electrons. The van der Waals surface area contributed by atoms with Crippen LogP contribution in [0.1, 0.15) is 18.1 Å². The molecule has 26 heavy (non-hydrogen) atoms. The van der Waals surface area contributed by atoms with Crippen molar-refractivity contribution in [3.63, 3.8) is 0 Å². The van der Waals surface area contributed by atoms with Crippen LogP contribution in [0.5, 0.6) is 0 Å². The number of nitrogen functional groups attached to an aromatic ring is 1. The molecule has 0 saturated carbocycles. The smallest absolute Gasteiger partial charge is 0.133 e. The second kappa shape index (κ2) is 8.81. The number of aromatic nitrogens is 1. The number of nitrogens with two attached hydrogens (primary N) is 1. The highest BCUT2D eigenvalue weighted by Crippen LogP contribution is 2.25. The Labute approximate surface area is 156 Å². The van der Waals surface area contributed by atoms with Gasteiger partial charge in [-0.2, -0.15) is 0 Å². The van der Waals surface area contributed by atoms with Gasteiger partial charge in [0, 0.05) is 38.5 Å². The van der Waals surface area contributed by atoms with Crippen LogP contribution < -0.4 is 5.73 Å². The van der Waals surface area contributed by atoms with E-state index < -0.39 is 0 Å². The van der Waals surface area contributed by atoms with E-state index in [0.29, 0.717) is 5.82 Å². The molecule has 0 aliphatic carbocycles. The normalized spacial score (nSPS) is 12.5. The minimum Gasteiger partial charge on any atom is -0.383 e. The van der Waals surface area contributed by atoms with E-state index in [1.54, 1.807) is 7.05 Å². The first-order chi connectivity index (χ1) is 12.5. The van der Waals surface area contributed by atoms with Gasteiger partial charge in [-0.15, -0.1) is 0 Å². The maximum absolute atomic E-state index is 6.20. The second-order valence-electron chi connectivity index (χ2n) is 6.07. The van der Waals surface area contributed by atoms with E-state index in [0.717, 1.165) is 33.7 Å². The molecule has 0 unspecified atom stereocenters. The number of nitrogens with zero attached hydrogens (tertiary/aromatic N) is 3. The number of aliphatic imine (C=N–C) groups is 1. The van der Waals surface area contributed by atoms with E-state index in [4.69, 9.17) is 5.73 Å². The van der Waals surface area contributed by atoms with E-state index in [2.05, 4.69) is 28.7 Å². The molecule has 0 fully saturated rings. The summed E-state index contributed by atoms with van der Waals surface area (Å²) in [5, 5.41) is 0. The minimum absolute atomic E-state index is 0.472. The Hall–Kier alpha value is -3.14. The molecular formula is C22H26N4. The summed E-state index contributed by atoms with van der Waals surface area (Å²) >= 11 is 0. The highest BCUT2D eigenvalue weighted by atomic mass is 15.0. The molecule has 0 spiro atoms. The number of hydrogen-bond acceptors (Lipinski definition) is 4. The molecule has 0 aliphatic heterocycles. The standard InChI is InChI=1S/C22H26N4/c1-6-9-21(24-3)19-12-13-20(25-22(19)23)18-11-8-10-17(14-18)16(7-2)15-26(4)5/h6-15H,2H2,1,3-5H3,(H2,23,25)/b9-6-,16-15+,24-21?. The highest BCUT2D eigenvalue weighted by Gasteiger charge is 2.09. The van der Waals surface area contributed by atoms with Gasteiger partial charge in [-0.3, -0.25) is 4.99 Å². The summed E-state index contributed by atoms with van der Waals surface area (Å²) < 4.78 is 0. The van der Waals surface area contributed by atoms with Crippen LogP contribution in [0, 0.1) is 0 Å². The lowest BCUT2D eigenvalue weighted by molar-refractivity contribution is 0.566. The lowest BCUT2D eigenvalue weighted by atomic mass is 10.0. The van der Waals surface area contributed by atoms with Gasteiger partial charge in [-0.1, -0.05) is 36.9 Å². The number of allylic oxidation sites excluding steroid dienone is 4. The molecule has 1 aromatic heterocycles. The predicted molar refractivity (Wildman–Crippen MR) is 113 cm³/mol. The van der Waals surface area contributed by atoms with Gasteiger partial charge in [0.15, 0.2) is 0 Å². The topological polar surface area (TPSA) is 54.5 Å². The Morgan fingerprint density at radius 1 is 1.23 bits per heavy atom. The third kappa shape index (κ3) is 4.48. The number of rotatable bonds is 6. The van der Waals surface area contributed by atoms with Crippen molar-refractivity contribution in [2.24, 2.45) is 4.99 Å². The van der Waals surface area contributed by atoms with E-state index >= 15 is 0 Å². The summed E-state index contributed by atoms with van der Waals surface area (Å²) in [6.45, 7) is 5.87. The first kappa shape index (κ1) is 19.2. The Morgan fingerprint density at radius 3 is 2.58 bits per heavy atom. The first-order valence-corrected chi connectivity index (χ1v) is 8.48. The number of hydrogen-bond donors (Lipinski definition) is 1. The SMILES string of the molecule is C=C/C(=C\N(C)C)c1cccc(-c2ccc(C(/C=C\C)=NC)c(N)n2)c1. The van der Waals surface area contributed by atoms with E-state index in [1.807, 2.05) is 74.6 Å². The Kier molecular flexibility index (Phi) is 6.50. The van der Waals surface area contributed by atoms with E-state index in [-0.39, 0.29) is 0 Å². The molecule has 4 nitrogen and oxygen atoms in total. The molecule has 1 heterocycles. The van der Waals surface area contributed by atoms with Crippen molar-refractivity contribution >= 4 is 17.1 Å². The van der Waals surface area contributed by atoms with Crippen molar-refractivity contribution in [2.75, 3.05) is 26.9 Å². The lowest BCUT2D eigenvalue weighted by Gasteiger charge is -2.11. The highest BCUT2D eigenvalue weighted by molar-refractivity contribution is 6.11. The van der Waals surface area contributed by atoms with Crippen molar-refractivity contribution in [2.45, 2.75) is 6.92 Å². The van der Waals surface area contributed by atoms with Crippen LogP contribution >= 0.6 is 0 Å². The second-order valence-corrected chi connectivity index (χ2v) is 6.07. The van der Waals surface area contributed by atoms with Gasteiger partial charge in [0.1, 0.15) is 5.82 Å². The molecule has 2 aromatic rings. The molecule has 0 amide bonds. The fraction of sp³-hybridized carbons (Fsp3) is 0.182. The van der Waals surface area contributed by atoms with Gasteiger partial charge in [0.2, 0.25) is 0 Å². The summed E-state index contributed by atoms with van der Waals surface area (Å²) in [5.74, 6) is 0.472. The average Bonchev–Trinajstić information content (AvgIpc) is 2.64. The average molecular weight is 346 g/mol. The van der Waals surface area contributed by atoms with Crippen LogP contribution in [0.4, 0.5) is 5.82 Å². The quantitative estimate of drug-likeness (QED) is 0.622. The summed E-state index contributed by atoms with van der Waals surface area (Å²) in [5.41, 5.74) is 11.8. The molecule has 0 saturated heterocycles. The molecule has 0 aliphatic rings. The van der Waals surface area contributed by atoms with Crippen molar-refractivity contribution in [1.82, 2.24) is 9.88 Å². The first-order valence-electron chi connectivity index (χ1n) is 8.48. The molecule has 0 bridgehead atoms. The Bertz CT molecular complexity index is 873. The molecule has 4 heteroatoms. The summed E-state index contributed by atoms with van der Waals surface area (Å²) in [7, 11) is 5.73. The zero-order valence-electron chi connectivity index (χ0n) is 15.9. The van der Waals surface area contributed by atoms with Gasteiger partial charge in [0.05, 0.1) is 11.4 Å². The van der Waals surface area contributed by atoms with E-state index in [1.165, 1.54) is 0 Å². The number of pyridine rings is 1. The van der Waals surface area contributed by atoms with Crippen LogP contribution in [0.25, 0.3) is 16.8 Å². The van der Waals surface area contributed by atoms with Crippen LogP contribution in [-0.4, -0.2) is 36.7 Å². The maximum atomic E-state index is 6.20. The summed E-state index contributed by atoms with van der Waals surface area (Å²) in [6, 6.07) is 12.1. The Balaban J connectivity index is 2.45. The van der Waals surface area contributed by atoms with Gasteiger partial charge < -0.3 is 10.6 Å². The minimum atomic E-state index is 0.472. The van der Waals surface area contributed by atoms with Gasteiger partial charge >= 0.3 is 0 Å². The van der Waals surface area contributed by atoms with Gasteiger partial charge in [-0.25, -0.2) is 4.98 Å². The molecular weight excluding hydrogens is 320 g/mol. The van der Waals surface area contributed by atoms with Crippen molar-refractivity contribution in [1.29, 1.82) is 0 Å². The number of anilines is 1. The zero-order chi connectivity index (χ0) is 19.1. The third-order valence-corrected chi connectivity index (χ3v) is 3.87. The van der Waals surface area contributed by atoms with Gasteiger partial charge in [0.25, 0.3) is 0 Å². The molecule has 0 radical (unpaired) electrons. The molecule has 2 N–H and O–H groups in total. The fourth-order valence-electron chi connectivity index (χ4n) is 2.68. The summed E-state index contributed by atoms with van der Waals surface area (Å²) in [6.07, 6.45) is 7.76. The van der Waals surface area contributed by atoms with Crippen LogP contribution in [0.15, 0.2) is 72.4 Å². The molecule has 0 atom stereocenters. The monoisotopic (exact) mass is 346 g/mol. The van der Waals surface area contributed by atoms with Crippen molar-refractivity contribution < 1.29 is 0 Å². The zero-order valence-corrected chi connectivity index (χ0v) is 15.9. The van der Waals surface area contributed by atoms with Crippen molar-refractivity contribution in [3.05, 3.63) is 78.5 Å². The van der Waals surface area contributed by atoms with Crippen LogP contribution in [0.2, 0.25) is 0 Å². The molecule has 1 aromatic carbocycles. The van der Waals surface area contributed by atoms with Crippen molar-refractivity contribution in [3.8, 4) is 11.3 Å². The number of benzene rings is 1. The van der Waals surface area contributed by atoms with Crippen LogP contribution in [-0.2, 0) is 0 Å². The third-order valence-electron chi connectivity index (χ3n) is 3.87. The fourth-order valence-corrected chi connectivity index (χ4v) is 2.68. The maximum Gasteiger partial charge on any atom is 0.133 e. The lowest BCUT2D eigenvalue weighted by Crippen LogP contribution is -2.05. The van der Waals surface area contributed by atoms with Crippen LogP contribution in [0.3, 0.4) is 0 Å². The van der Waals surface area contributed by atoms with E-state index in [9.17, 15) is 0 Å².